The molecule has 2 fully saturated rings. The van der Waals surface area contributed by atoms with Crippen molar-refractivity contribution in [1.82, 2.24) is 15.1 Å². The molecule has 0 radical (unpaired) electrons. The van der Waals surface area contributed by atoms with E-state index in [9.17, 15) is 4.79 Å². The fourth-order valence-corrected chi connectivity index (χ4v) is 3.99. The van der Waals surface area contributed by atoms with Crippen LogP contribution in [0.4, 0.5) is 11.5 Å². The zero-order valence-corrected chi connectivity index (χ0v) is 17.2. The third kappa shape index (κ3) is 5.16. The lowest BCUT2D eigenvalue weighted by atomic mass is 10.1. The normalized spacial score (nSPS) is 17.5. The van der Waals surface area contributed by atoms with Gasteiger partial charge in [-0.25, -0.2) is 0 Å². The van der Waals surface area contributed by atoms with Crippen LogP contribution in [0.5, 0.6) is 0 Å². The van der Waals surface area contributed by atoms with Crippen molar-refractivity contribution in [2.24, 2.45) is 0 Å². The molecular formula is C21H26ClN5O2. The van der Waals surface area contributed by atoms with Crippen LogP contribution in [0, 0.1) is 0 Å². The van der Waals surface area contributed by atoms with Gasteiger partial charge in [0.25, 0.3) is 0 Å². The van der Waals surface area contributed by atoms with Gasteiger partial charge in [0.2, 0.25) is 5.91 Å². The van der Waals surface area contributed by atoms with Crippen LogP contribution in [0.1, 0.15) is 12.0 Å². The number of morpholine rings is 1. The SMILES string of the molecule is O=C(CCc1cccc(Cl)c1)N1CCN(c2cnnc(N3CCOCC3)c2)CC1. The van der Waals surface area contributed by atoms with E-state index in [1.807, 2.05) is 29.2 Å². The summed E-state index contributed by atoms with van der Waals surface area (Å²) in [7, 11) is 0. The van der Waals surface area contributed by atoms with E-state index in [1.54, 1.807) is 6.20 Å². The Morgan fingerprint density at radius 1 is 1.03 bits per heavy atom. The molecule has 1 aromatic heterocycles. The van der Waals surface area contributed by atoms with Crippen molar-refractivity contribution in [3.05, 3.63) is 47.1 Å². The molecule has 0 saturated carbocycles. The molecule has 7 nitrogen and oxygen atoms in total. The van der Waals surface area contributed by atoms with Crippen LogP contribution in [0.3, 0.4) is 0 Å². The minimum atomic E-state index is 0.200. The number of benzene rings is 1. The van der Waals surface area contributed by atoms with Crippen molar-refractivity contribution >= 4 is 29.0 Å². The molecule has 2 saturated heterocycles. The summed E-state index contributed by atoms with van der Waals surface area (Å²) >= 11 is 6.02. The van der Waals surface area contributed by atoms with E-state index in [0.29, 0.717) is 11.4 Å². The molecule has 8 heteroatoms. The number of carbonyl (C=O) groups excluding carboxylic acids is 1. The van der Waals surface area contributed by atoms with Crippen molar-refractivity contribution in [2.75, 3.05) is 62.3 Å². The summed E-state index contributed by atoms with van der Waals surface area (Å²) < 4.78 is 5.41. The van der Waals surface area contributed by atoms with Crippen molar-refractivity contribution in [1.29, 1.82) is 0 Å². The lowest BCUT2D eigenvalue weighted by Gasteiger charge is -2.36. The maximum Gasteiger partial charge on any atom is 0.223 e. The Hall–Kier alpha value is -2.38. The van der Waals surface area contributed by atoms with Gasteiger partial charge in [0.05, 0.1) is 25.1 Å². The smallest absolute Gasteiger partial charge is 0.223 e. The van der Waals surface area contributed by atoms with Crippen LogP contribution in [0.25, 0.3) is 0 Å². The zero-order valence-electron chi connectivity index (χ0n) is 16.5. The molecule has 2 aliphatic rings. The number of hydrogen-bond acceptors (Lipinski definition) is 6. The molecule has 0 atom stereocenters. The molecule has 0 spiro atoms. The molecule has 3 heterocycles. The van der Waals surface area contributed by atoms with E-state index in [2.05, 4.69) is 26.1 Å². The minimum absolute atomic E-state index is 0.200. The van der Waals surface area contributed by atoms with Crippen LogP contribution in [0.2, 0.25) is 5.02 Å². The van der Waals surface area contributed by atoms with Gasteiger partial charge >= 0.3 is 0 Å². The van der Waals surface area contributed by atoms with E-state index >= 15 is 0 Å². The molecule has 2 aromatic rings. The molecule has 0 unspecified atom stereocenters. The summed E-state index contributed by atoms with van der Waals surface area (Å²) in [4.78, 5) is 19.0. The van der Waals surface area contributed by atoms with Gasteiger partial charge in [0.15, 0.2) is 5.82 Å². The highest BCUT2D eigenvalue weighted by atomic mass is 35.5. The Morgan fingerprint density at radius 2 is 1.83 bits per heavy atom. The zero-order chi connectivity index (χ0) is 20.1. The third-order valence-electron chi connectivity index (χ3n) is 5.48. The van der Waals surface area contributed by atoms with Crippen LogP contribution in [-0.4, -0.2) is 73.5 Å². The average Bonchev–Trinajstić information content (AvgIpc) is 2.78. The van der Waals surface area contributed by atoms with Gasteiger partial charge in [-0.2, -0.15) is 5.10 Å². The lowest BCUT2D eigenvalue weighted by molar-refractivity contribution is -0.131. The number of aromatic nitrogens is 2. The number of amides is 1. The van der Waals surface area contributed by atoms with E-state index in [4.69, 9.17) is 16.3 Å². The first-order valence-corrected chi connectivity index (χ1v) is 10.5. The highest BCUT2D eigenvalue weighted by Gasteiger charge is 2.22. The van der Waals surface area contributed by atoms with Gasteiger partial charge < -0.3 is 19.4 Å². The molecule has 0 bridgehead atoms. The quantitative estimate of drug-likeness (QED) is 0.746. The summed E-state index contributed by atoms with van der Waals surface area (Å²) in [5.74, 6) is 1.09. The summed E-state index contributed by atoms with van der Waals surface area (Å²) in [6, 6.07) is 9.81. The minimum Gasteiger partial charge on any atom is -0.378 e. The number of ether oxygens (including phenoxy) is 1. The topological polar surface area (TPSA) is 61.8 Å². The van der Waals surface area contributed by atoms with Crippen LogP contribution in [0.15, 0.2) is 36.5 Å². The number of anilines is 2. The number of halogens is 1. The highest BCUT2D eigenvalue weighted by Crippen LogP contribution is 2.21. The molecule has 29 heavy (non-hydrogen) atoms. The van der Waals surface area contributed by atoms with E-state index < -0.39 is 0 Å². The molecule has 4 rings (SSSR count). The Kier molecular flexibility index (Phi) is 6.46. The second kappa shape index (κ2) is 9.41. The fourth-order valence-electron chi connectivity index (χ4n) is 3.78. The van der Waals surface area contributed by atoms with Crippen LogP contribution < -0.4 is 9.80 Å². The second-order valence-electron chi connectivity index (χ2n) is 7.37. The van der Waals surface area contributed by atoms with Crippen molar-refractivity contribution < 1.29 is 9.53 Å². The number of rotatable bonds is 5. The molecular weight excluding hydrogens is 390 g/mol. The van der Waals surface area contributed by atoms with E-state index in [0.717, 1.165) is 76.0 Å². The maximum absolute atomic E-state index is 12.6. The molecule has 154 valence electrons. The van der Waals surface area contributed by atoms with Gasteiger partial charge in [0.1, 0.15) is 0 Å². The Labute approximate surface area is 176 Å². The van der Waals surface area contributed by atoms with Crippen molar-refractivity contribution in [2.45, 2.75) is 12.8 Å². The summed E-state index contributed by atoms with van der Waals surface area (Å²) in [6.45, 7) is 6.19. The number of aryl methyl sites for hydroxylation is 1. The van der Waals surface area contributed by atoms with Gasteiger partial charge in [-0.3, -0.25) is 4.79 Å². The molecule has 0 aliphatic carbocycles. The Balaban J connectivity index is 1.29. The third-order valence-corrected chi connectivity index (χ3v) is 5.71. The van der Waals surface area contributed by atoms with E-state index in [1.165, 1.54) is 0 Å². The lowest BCUT2D eigenvalue weighted by Crippen LogP contribution is -2.49. The van der Waals surface area contributed by atoms with Crippen molar-refractivity contribution in [3.8, 4) is 0 Å². The van der Waals surface area contributed by atoms with Gasteiger partial charge in [0, 0.05) is 56.8 Å². The summed E-state index contributed by atoms with van der Waals surface area (Å²) in [6.07, 6.45) is 3.04. The molecule has 2 aliphatic heterocycles. The first-order chi connectivity index (χ1) is 14.2. The predicted molar refractivity (Wildman–Crippen MR) is 114 cm³/mol. The number of nitrogens with zero attached hydrogens (tertiary/aromatic N) is 5. The number of piperazine rings is 1. The molecule has 0 N–H and O–H groups in total. The Morgan fingerprint density at radius 3 is 2.59 bits per heavy atom. The largest absolute Gasteiger partial charge is 0.378 e. The highest BCUT2D eigenvalue weighted by molar-refractivity contribution is 6.30. The maximum atomic E-state index is 12.6. The summed E-state index contributed by atoms with van der Waals surface area (Å²) in [5, 5.41) is 9.19. The van der Waals surface area contributed by atoms with Crippen LogP contribution in [-0.2, 0) is 16.0 Å². The van der Waals surface area contributed by atoms with E-state index in [-0.39, 0.29) is 5.91 Å². The molecule has 1 amide bonds. The fraction of sp³-hybridized carbons (Fsp3) is 0.476. The first kappa shape index (κ1) is 19.9. The average molecular weight is 416 g/mol. The second-order valence-corrected chi connectivity index (χ2v) is 7.81. The van der Waals surface area contributed by atoms with Crippen LogP contribution >= 0.6 is 11.6 Å². The van der Waals surface area contributed by atoms with Gasteiger partial charge in [-0.05, 0) is 24.1 Å². The number of hydrogen-bond donors (Lipinski definition) is 0. The number of carbonyl (C=O) groups is 1. The van der Waals surface area contributed by atoms with Gasteiger partial charge in [-0.15, -0.1) is 5.10 Å². The van der Waals surface area contributed by atoms with Crippen molar-refractivity contribution in [3.63, 3.8) is 0 Å². The predicted octanol–water partition coefficient (Wildman–Crippen LogP) is 2.25. The van der Waals surface area contributed by atoms with Gasteiger partial charge in [-0.1, -0.05) is 23.7 Å². The standard InChI is InChI=1S/C21H26ClN5O2/c22-18-3-1-2-17(14-18)4-5-21(28)27-8-6-25(7-9-27)19-15-20(24-23-16-19)26-10-12-29-13-11-26/h1-3,14-16H,4-13H2. The summed E-state index contributed by atoms with van der Waals surface area (Å²) in [5.41, 5.74) is 2.16. The first-order valence-electron chi connectivity index (χ1n) is 10.1. The monoisotopic (exact) mass is 415 g/mol. The Bertz CT molecular complexity index is 835. The molecule has 1 aromatic carbocycles.